The summed E-state index contributed by atoms with van der Waals surface area (Å²) in [5.74, 6) is -1.18. The molecule has 0 amide bonds. The van der Waals surface area contributed by atoms with E-state index in [1.165, 1.54) is 14.2 Å². The van der Waals surface area contributed by atoms with Crippen molar-refractivity contribution in [3.05, 3.63) is 35.4 Å². The lowest BCUT2D eigenvalue weighted by Crippen LogP contribution is -2.40. The van der Waals surface area contributed by atoms with Crippen molar-refractivity contribution in [1.29, 1.82) is 0 Å². The fraction of sp³-hybridized carbons (Fsp3) is 0.364. The zero-order valence-electron chi connectivity index (χ0n) is 8.65. The highest BCUT2D eigenvalue weighted by molar-refractivity contribution is 6.05. The molecule has 1 aliphatic rings. The maximum absolute atomic E-state index is 11.9. The van der Waals surface area contributed by atoms with Crippen LogP contribution in [-0.4, -0.2) is 25.8 Å². The Morgan fingerprint density at radius 3 is 2.33 bits per heavy atom. The van der Waals surface area contributed by atoms with E-state index in [-0.39, 0.29) is 18.2 Å². The molecule has 1 aliphatic carbocycles. The Bertz CT molecular complexity index is 372. The van der Waals surface area contributed by atoms with Gasteiger partial charge in [-0.15, -0.1) is 12.4 Å². The van der Waals surface area contributed by atoms with Crippen LogP contribution >= 0.6 is 12.4 Å². The lowest BCUT2D eigenvalue weighted by atomic mass is 10.1. The summed E-state index contributed by atoms with van der Waals surface area (Å²) >= 11 is 0. The molecule has 1 aromatic rings. The lowest BCUT2D eigenvalue weighted by Gasteiger charge is -2.23. The molecular formula is C11H13ClO3. The van der Waals surface area contributed by atoms with Crippen molar-refractivity contribution >= 4 is 18.2 Å². The van der Waals surface area contributed by atoms with Gasteiger partial charge in [0.15, 0.2) is 0 Å². The summed E-state index contributed by atoms with van der Waals surface area (Å²) in [5.41, 5.74) is 1.69. The number of Topliss-reactive ketones (excluding diaryl/α,β-unsaturated/α-hetero) is 1. The van der Waals surface area contributed by atoms with Crippen LogP contribution in [0.15, 0.2) is 24.3 Å². The van der Waals surface area contributed by atoms with Crippen molar-refractivity contribution in [2.75, 3.05) is 14.2 Å². The molecule has 1 aromatic carbocycles. The lowest BCUT2D eigenvalue weighted by molar-refractivity contribution is -0.163. The standard InChI is InChI=1S/C11H12O3.ClH/c1-13-11(14-2)7-8-5-3-4-6-9(8)10(11)12;/h3-6H,7H2,1-2H3;1H. The number of carbonyl (C=O) groups excluding carboxylic acids is 1. The first-order chi connectivity index (χ1) is 6.73. The Balaban J connectivity index is 0.00000112. The van der Waals surface area contributed by atoms with Gasteiger partial charge in [0.1, 0.15) is 0 Å². The maximum atomic E-state index is 11.9. The third-order valence-electron chi connectivity index (χ3n) is 2.69. The Labute approximate surface area is 94.8 Å². The predicted octanol–water partition coefficient (Wildman–Crippen LogP) is 1.84. The van der Waals surface area contributed by atoms with Gasteiger partial charge in [-0.3, -0.25) is 4.79 Å². The number of hydrogen-bond donors (Lipinski definition) is 0. The van der Waals surface area contributed by atoms with E-state index in [0.717, 1.165) is 5.56 Å². The molecule has 0 fully saturated rings. The average Bonchev–Trinajstić information content (AvgIpc) is 2.53. The average molecular weight is 229 g/mol. The predicted molar refractivity (Wildman–Crippen MR) is 58.5 cm³/mol. The SMILES string of the molecule is COC1(OC)Cc2ccccc2C1=O.Cl. The molecule has 0 bridgehead atoms. The Kier molecular flexibility index (Phi) is 3.50. The number of ketones is 1. The quantitative estimate of drug-likeness (QED) is 0.725. The van der Waals surface area contributed by atoms with E-state index in [9.17, 15) is 4.79 Å². The largest absolute Gasteiger partial charge is 0.346 e. The van der Waals surface area contributed by atoms with Crippen molar-refractivity contribution in [3.63, 3.8) is 0 Å². The number of methoxy groups -OCH3 is 2. The van der Waals surface area contributed by atoms with Gasteiger partial charge in [-0.05, 0) is 5.56 Å². The van der Waals surface area contributed by atoms with Crippen LogP contribution in [-0.2, 0) is 15.9 Å². The highest BCUT2D eigenvalue weighted by Crippen LogP contribution is 2.32. The number of benzene rings is 1. The molecule has 0 heterocycles. The van der Waals surface area contributed by atoms with E-state index >= 15 is 0 Å². The fourth-order valence-electron chi connectivity index (χ4n) is 1.85. The molecule has 0 aliphatic heterocycles. The zero-order valence-corrected chi connectivity index (χ0v) is 9.47. The molecule has 82 valence electrons. The summed E-state index contributed by atoms with van der Waals surface area (Å²) in [6.45, 7) is 0. The maximum Gasteiger partial charge on any atom is 0.237 e. The molecular weight excluding hydrogens is 216 g/mol. The zero-order chi connectivity index (χ0) is 10.2. The third kappa shape index (κ3) is 1.67. The van der Waals surface area contributed by atoms with Gasteiger partial charge in [-0.25, -0.2) is 0 Å². The van der Waals surface area contributed by atoms with Crippen LogP contribution in [0.2, 0.25) is 0 Å². The Hall–Kier alpha value is -0.900. The summed E-state index contributed by atoms with van der Waals surface area (Å²) in [5, 5.41) is 0. The number of carbonyl (C=O) groups is 1. The first kappa shape index (κ1) is 12.2. The molecule has 0 saturated carbocycles. The molecule has 0 spiro atoms. The van der Waals surface area contributed by atoms with Crippen LogP contribution in [0.4, 0.5) is 0 Å². The minimum absolute atomic E-state index is 0. The minimum atomic E-state index is -1.09. The topological polar surface area (TPSA) is 35.5 Å². The monoisotopic (exact) mass is 228 g/mol. The van der Waals surface area contributed by atoms with Gasteiger partial charge >= 0.3 is 0 Å². The smallest absolute Gasteiger partial charge is 0.237 e. The summed E-state index contributed by atoms with van der Waals surface area (Å²) < 4.78 is 10.3. The first-order valence-corrected chi connectivity index (χ1v) is 4.46. The van der Waals surface area contributed by atoms with Crippen LogP contribution < -0.4 is 0 Å². The van der Waals surface area contributed by atoms with Gasteiger partial charge in [0.05, 0.1) is 0 Å². The van der Waals surface area contributed by atoms with Gasteiger partial charge < -0.3 is 9.47 Å². The van der Waals surface area contributed by atoms with Crippen molar-refractivity contribution in [3.8, 4) is 0 Å². The molecule has 0 atom stereocenters. The second kappa shape index (κ2) is 4.31. The van der Waals surface area contributed by atoms with E-state index < -0.39 is 5.79 Å². The molecule has 0 N–H and O–H groups in total. The fourth-order valence-corrected chi connectivity index (χ4v) is 1.85. The van der Waals surface area contributed by atoms with Crippen LogP contribution in [0, 0.1) is 0 Å². The number of fused-ring (bicyclic) bond motifs is 1. The van der Waals surface area contributed by atoms with E-state index in [1.54, 1.807) is 6.07 Å². The normalized spacial score (nSPS) is 17.1. The summed E-state index contributed by atoms with van der Waals surface area (Å²) in [7, 11) is 2.99. The van der Waals surface area contributed by atoms with Crippen LogP contribution in [0.25, 0.3) is 0 Å². The molecule has 0 aromatic heterocycles. The Morgan fingerprint density at radius 1 is 1.20 bits per heavy atom. The number of hydrogen-bond acceptors (Lipinski definition) is 3. The third-order valence-corrected chi connectivity index (χ3v) is 2.69. The van der Waals surface area contributed by atoms with E-state index in [2.05, 4.69) is 0 Å². The Morgan fingerprint density at radius 2 is 1.80 bits per heavy atom. The van der Waals surface area contributed by atoms with Crippen molar-refractivity contribution in [2.24, 2.45) is 0 Å². The van der Waals surface area contributed by atoms with E-state index in [4.69, 9.17) is 9.47 Å². The van der Waals surface area contributed by atoms with Gasteiger partial charge in [-0.2, -0.15) is 0 Å². The minimum Gasteiger partial charge on any atom is -0.346 e. The molecule has 4 heteroatoms. The van der Waals surface area contributed by atoms with Gasteiger partial charge in [-0.1, -0.05) is 24.3 Å². The summed E-state index contributed by atoms with van der Waals surface area (Å²) in [6.07, 6.45) is 0.495. The van der Waals surface area contributed by atoms with Crippen LogP contribution in [0.1, 0.15) is 15.9 Å². The summed E-state index contributed by atoms with van der Waals surface area (Å²) in [6, 6.07) is 7.48. The number of ether oxygens (including phenoxy) is 2. The van der Waals surface area contributed by atoms with Gasteiger partial charge in [0, 0.05) is 26.2 Å². The van der Waals surface area contributed by atoms with E-state index in [1.807, 2.05) is 18.2 Å². The second-order valence-corrected chi connectivity index (χ2v) is 3.32. The van der Waals surface area contributed by atoms with Gasteiger partial charge in [0.2, 0.25) is 11.6 Å². The van der Waals surface area contributed by atoms with Crippen molar-refractivity contribution < 1.29 is 14.3 Å². The van der Waals surface area contributed by atoms with Crippen molar-refractivity contribution in [2.45, 2.75) is 12.2 Å². The van der Waals surface area contributed by atoms with Gasteiger partial charge in [0.25, 0.3) is 0 Å². The molecule has 0 radical (unpaired) electrons. The number of halogens is 1. The first-order valence-electron chi connectivity index (χ1n) is 4.46. The molecule has 0 unspecified atom stereocenters. The molecule has 15 heavy (non-hydrogen) atoms. The van der Waals surface area contributed by atoms with Crippen LogP contribution in [0.5, 0.6) is 0 Å². The molecule has 0 saturated heterocycles. The summed E-state index contributed by atoms with van der Waals surface area (Å²) in [4.78, 5) is 11.9. The second-order valence-electron chi connectivity index (χ2n) is 3.32. The van der Waals surface area contributed by atoms with Crippen LogP contribution in [0.3, 0.4) is 0 Å². The highest BCUT2D eigenvalue weighted by atomic mass is 35.5. The van der Waals surface area contributed by atoms with Crippen molar-refractivity contribution in [1.82, 2.24) is 0 Å². The number of rotatable bonds is 2. The highest BCUT2D eigenvalue weighted by Gasteiger charge is 2.46. The molecule has 3 nitrogen and oxygen atoms in total. The van der Waals surface area contributed by atoms with E-state index in [0.29, 0.717) is 12.0 Å². The molecule has 2 rings (SSSR count).